The van der Waals surface area contributed by atoms with Crippen LogP contribution in [0.5, 0.6) is 0 Å². The average Bonchev–Trinajstić information content (AvgIpc) is 2.06. The average molecular weight is 237 g/mol. The largest absolute Gasteiger partial charge is 0.394 e. The van der Waals surface area contributed by atoms with Crippen molar-refractivity contribution in [1.29, 1.82) is 0 Å². The van der Waals surface area contributed by atoms with Gasteiger partial charge in [0, 0.05) is 5.02 Å². The van der Waals surface area contributed by atoms with Crippen molar-refractivity contribution in [3.63, 3.8) is 0 Å². The van der Waals surface area contributed by atoms with Gasteiger partial charge in [0.05, 0.1) is 5.41 Å². The lowest BCUT2D eigenvalue weighted by atomic mass is 9.85. The van der Waals surface area contributed by atoms with Crippen molar-refractivity contribution in [3.8, 4) is 0 Å². The van der Waals surface area contributed by atoms with Crippen molar-refractivity contribution >= 4 is 11.6 Å². The standard InChI is InChI=1S/C11H12ClF3/c1-10(2,11(13,14)15)7-8-3-5-9(12)6-4-8/h3-6H,7H2,1-2H3. The second-order valence-electron chi connectivity index (χ2n) is 4.18. The summed E-state index contributed by atoms with van der Waals surface area (Å²) in [6.45, 7) is 2.39. The maximum Gasteiger partial charge on any atom is 0.394 e. The van der Waals surface area contributed by atoms with Crippen LogP contribution >= 0.6 is 11.6 Å². The van der Waals surface area contributed by atoms with Crippen LogP contribution in [0.2, 0.25) is 5.02 Å². The van der Waals surface area contributed by atoms with Gasteiger partial charge >= 0.3 is 6.18 Å². The number of alkyl halides is 3. The zero-order valence-electron chi connectivity index (χ0n) is 8.53. The van der Waals surface area contributed by atoms with Crippen molar-refractivity contribution in [3.05, 3.63) is 34.9 Å². The van der Waals surface area contributed by atoms with E-state index in [4.69, 9.17) is 11.6 Å². The van der Waals surface area contributed by atoms with Gasteiger partial charge in [0.1, 0.15) is 0 Å². The molecule has 0 radical (unpaired) electrons. The normalized spacial score (nSPS) is 12.9. The fourth-order valence-electron chi connectivity index (χ4n) is 1.21. The third kappa shape index (κ3) is 3.13. The zero-order valence-corrected chi connectivity index (χ0v) is 9.28. The molecule has 0 N–H and O–H groups in total. The molecule has 0 heterocycles. The summed E-state index contributed by atoms with van der Waals surface area (Å²) in [5.41, 5.74) is -1.07. The predicted molar refractivity (Wildman–Crippen MR) is 55.0 cm³/mol. The van der Waals surface area contributed by atoms with Gasteiger partial charge in [0.2, 0.25) is 0 Å². The molecule has 0 saturated heterocycles. The van der Waals surface area contributed by atoms with E-state index in [9.17, 15) is 13.2 Å². The highest BCUT2D eigenvalue weighted by Gasteiger charge is 2.46. The molecule has 0 aliphatic carbocycles. The van der Waals surface area contributed by atoms with Crippen molar-refractivity contribution in [2.75, 3.05) is 0 Å². The van der Waals surface area contributed by atoms with Crippen LogP contribution in [0.15, 0.2) is 24.3 Å². The molecular weight excluding hydrogens is 225 g/mol. The minimum Gasteiger partial charge on any atom is -0.171 e. The Bertz CT molecular complexity index is 325. The summed E-state index contributed by atoms with van der Waals surface area (Å²) in [6, 6.07) is 6.44. The van der Waals surface area contributed by atoms with Crippen LogP contribution < -0.4 is 0 Å². The monoisotopic (exact) mass is 236 g/mol. The number of hydrogen-bond acceptors (Lipinski definition) is 0. The Kier molecular flexibility index (Phi) is 3.34. The van der Waals surface area contributed by atoms with Gasteiger partial charge in [-0.05, 0) is 24.1 Å². The van der Waals surface area contributed by atoms with Crippen molar-refractivity contribution < 1.29 is 13.2 Å². The van der Waals surface area contributed by atoms with Crippen LogP contribution in [0.3, 0.4) is 0 Å². The van der Waals surface area contributed by atoms with Crippen LogP contribution in [0.25, 0.3) is 0 Å². The van der Waals surface area contributed by atoms with Gasteiger partial charge in [-0.25, -0.2) is 0 Å². The molecule has 0 fully saturated rings. The summed E-state index contributed by atoms with van der Waals surface area (Å²) in [6.07, 6.45) is -4.22. The van der Waals surface area contributed by atoms with E-state index < -0.39 is 11.6 Å². The molecule has 0 bridgehead atoms. The molecule has 0 aromatic heterocycles. The van der Waals surface area contributed by atoms with E-state index in [2.05, 4.69) is 0 Å². The molecule has 0 unspecified atom stereocenters. The van der Waals surface area contributed by atoms with Crippen LogP contribution in [0, 0.1) is 5.41 Å². The van der Waals surface area contributed by atoms with Crippen LogP contribution in [-0.2, 0) is 6.42 Å². The van der Waals surface area contributed by atoms with Gasteiger partial charge in [-0.1, -0.05) is 37.6 Å². The lowest BCUT2D eigenvalue weighted by Gasteiger charge is -2.27. The zero-order chi connectivity index (χ0) is 11.7. The van der Waals surface area contributed by atoms with Crippen LogP contribution in [0.1, 0.15) is 19.4 Å². The summed E-state index contributed by atoms with van der Waals surface area (Å²) in [4.78, 5) is 0. The minimum atomic E-state index is -4.19. The van der Waals surface area contributed by atoms with E-state index in [-0.39, 0.29) is 6.42 Å². The van der Waals surface area contributed by atoms with E-state index in [1.807, 2.05) is 0 Å². The molecule has 1 rings (SSSR count). The minimum absolute atomic E-state index is 0.0341. The molecule has 0 aliphatic rings. The first-order valence-corrected chi connectivity index (χ1v) is 4.91. The Morgan fingerprint density at radius 2 is 1.53 bits per heavy atom. The Hall–Kier alpha value is -0.700. The van der Waals surface area contributed by atoms with E-state index in [1.165, 1.54) is 13.8 Å². The van der Waals surface area contributed by atoms with E-state index >= 15 is 0 Å². The van der Waals surface area contributed by atoms with Gasteiger partial charge in [-0.15, -0.1) is 0 Å². The van der Waals surface area contributed by atoms with E-state index in [0.717, 1.165) is 0 Å². The first-order chi connectivity index (χ1) is 6.72. The summed E-state index contributed by atoms with van der Waals surface area (Å²) in [5, 5.41) is 0.531. The van der Waals surface area contributed by atoms with Crippen molar-refractivity contribution in [2.45, 2.75) is 26.4 Å². The van der Waals surface area contributed by atoms with E-state index in [1.54, 1.807) is 24.3 Å². The molecular formula is C11H12ClF3. The number of rotatable bonds is 2. The smallest absolute Gasteiger partial charge is 0.171 e. The Balaban J connectivity index is 2.82. The maximum atomic E-state index is 12.6. The highest BCUT2D eigenvalue weighted by Crippen LogP contribution is 2.40. The molecule has 1 aromatic rings. The highest BCUT2D eigenvalue weighted by atomic mass is 35.5. The lowest BCUT2D eigenvalue weighted by molar-refractivity contribution is -0.211. The predicted octanol–water partition coefficient (Wildman–Crippen LogP) is 4.47. The topological polar surface area (TPSA) is 0 Å². The van der Waals surface area contributed by atoms with Gasteiger partial charge in [0.15, 0.2) is 0 Å². The fraction of sp³-hybridized carbons (Fsp3) is 0.455. The first kappa shape index (κ1) is 12.4. The molecule has 15 heavy (non-hydrogen) atoms. The summed E-state index contributed by atoms with van der Waals surface area (Å²) in [5.74, 6) is 0. The van der Waals surface area contributed by atoms with E-state index in [0.29, 0.717) is 10.6 Å². The van der Waals surface area contributed by atoms with Crippen LogP contribution in [0.4, 0.5) is 13.2 Å². The second-order valence-corrected chi connectivity index (χ2v) is 4.62. The molecule has 0 spiro atoms. The molecule has 84 valence electrons. The fourth-order valence-corrected chi connectivity index (χ4v) is 1.34. The third-order valence-corrected chi connectivity index (χ3v) is 2.58. The lowest BCUT2D eigenvalue weighted by Crippen LogP contribution is -2.34. The van der Waals surface area contributed by atoms with Gasteiger partial charge < -0.3 is 0 Å². The van der Waals surface area contributed by atoms with Crippen LogP contribution in [-0.4, -0.2) is 6.18 Å². The van der Waals surface area contributed by atoms with Gasteiger partial charge in [-0.2, -0.15) is 13.2 Å². The number of halogens is 4. The van der Waals surface area contributed by atoms with Crippen molar-refractivity contribution in [1.82, 2.24) is 0 Å². The molecule has 0 amide bonds. The summed E-state index contributed by atoms with van der Waals surface area (Å²) >= 11 is 5.65. The number of benzene rings is 1. The maximum absolute atomic E-state index is 12.6. The second kappa shape index (κ2) is 4.05. The van der Waals surface area contributed by atoms with Gasteiger partial charge in [-0.3, -0.25) is 0 Å². The SMILES string of the molecule is CC(C)(Cc1ccc(Cl)cc1)C(F)(F)F. The quantitative estimate of drug-likeness (QED) is 0.711. The highest BCUT2D eigenvalue weighted by molar-refractivity contribution is 6.30. The Morgan fingerprint density at radius 1 is 1.07 bits per heavy atom. The molecule has 0 atom stereocenters. The van der Waals surface area contributed by atoms with Crippen molar-refractivity contribution in [2.24, 2.45) is 5.41 Å². The summed E-state index contributed by atoms with van der Waals surface area (Å²) < 4.78 is 37.7. The number of hydrogen-bond donors (Lipinski definition) is 0. The first-order valence-electron chi connectivity index (χ1n) is 4.53. The molecule has 1 aromatic carbocycles. The third-order valence-electron chi connectivity index (χ3n) is 2.33. The molecule has 0 aliphatic heterocycles. The Morgan fingerprint density at radius 3 is 1.93 bits per heavy atom. The Labute approximate surface area is 92.1 Å². The molecule has 0 nitrogen and oxygen atoms in total. The molecule has 4 heteroatoms. The van der Waals surface area contributed by atoms with Gasteiger partial charge in [0.25, 0.3) is 0 Å². The molecule has 0 saturated carbocycles. The summed E-state index contributed by atoms with van der Waals surface area (Å²) in [7, 11) is 0.